The molecule has 1 aromatic rings. The minimum atomic E-state index is -3.56. The molecule has 8 nitrogen and oxygen atoms in total. The van der Waals surface area contributed by atoms with E-state index in [2.05, 4.69) is 14.9 Å². The van der Waals surface area contributed by atoms with Gasteiger partial charge in [-0.05, 0) is 0 Å². The standard InChI is InChI=1S/C8H13N3O5S/c1-6-10-7(11-16-6)2-4-9-17(14,15)5-3-8(12)13/h9H,2-5H2,1H3,(H,12,13). The van der Waals surface area contributed by atoms with Crippen molar-refractivity contribution in [1.29, 1.82) is 0 Å². The number of aryl methyl sites for hydroxylation is 1. The Balaban J connectivity index is 2.32. The molecule has 0 saturated heterocycles. The van der Waals surface area contributed by atoms with Crippen LogP contribution in [0.4, 0.5) is 0 Å². The SMILES string of the molecule is Cc1nc(CCNS(=O)(=O)CCC(=O)O)no1. The highest BCUT2D eigenvalue weighted by Crippen LogP contribution is 1.96. The van der Waals surface area contributed by atoms with Crippen molar-refractivity contribution in [3.63, 3.8) is 0 Å². The molecular weight excluding hydrogens is 250 g/mol. The van der Waals surface area contributed by atoms with Crippen LogP contribution in [-0.4, -0.2) is 41.9 Å². The van der Waals surface area contributed by atoms with Crippen molar-refractivity contribution in [2.45, 2.75) is 19.8 Å². The van der Waals surface area contributed by atoms with E-state index in [4.69, 9.17) is 9.63 Å². The lowest BCUT2D eigenvalue weighted by molar-refractivity contribution is -0.136. The Bertz CT molecular complexity index is 481. The molecule has 0 aromatic carbocycles. The van der Waals surface area contributed by atoms with E-state index < -0.39 is 28.2 Å². The Morgan fingerprint density at radius 2 is 2.24 bits per heavy atom. The first kappa shape index (κ1) is 13.6. The van der Waals surface area contributed by atoms with Gasteiger partial charge in [0.25, 0.3) is 0 Å². The van der Waals surface area contributed by atoms with Crippen LogP contribution < -0.4 is 4.72 Å². The predicted molar refractivity (Wildman–Crippen MR) is 56.8 cm³/mol. The zero-order valence-electron chi connectivity index (χ0n) is 9.21. The van der Waals surface area contributed by atoms with Gasteiger partial charge < -0.3 is 9.63 Å². The number of sulfonamides is 1. The Labute approximate surface area is 98.1 Å². The highest BCUT2D eigenvalue weighted by molar-refractivity contribution is 7.89. The summed E-state index contributed by atoms with van der Waals surface area (Å²) < 4.78 is 29.6. The van der Waals surface area contributed by atoms with Crippen LogP contribution in [0.5, 0.6) is 0 Å². The summed E-state index contributed by atoms with van der Waals surface area (Å²) in [4.78, 5) is 14.1. The number of hydrogen-bond acceptors (Lipinski definition) is 6. The molecule has 0 bridgehead atoms. The van der Waals surface area contributed by atoms with Crippen LogP contribution in [0, 0.1) is 6.92 Å². The highest BCUT2D eigenvalue weighted by Gasteiger charge is 2.12. The van der Waals surface area contributed by atoms with Crippen molar-refractivity contribution in [1.82, 2.24) is 14.9 Å². The number of carboxylic acids is 1. The lowest BCUT2D eigenvalue weighted by Gasteiger charge is -2.03. The first-order valence-corrected chi connectivity index (χ1v) is 6.52. The molecule has 0 unspecified atom stereocenters. The summed E-state index contributed by atoms with van der Waals surface area (Å²) in [6, 6.07) is 0. The number of carbonyl (C=O) groups is 1. The van der Waals surface area contributed by atoms with E-state index in [-0.39, 0.29) is 6.54 Å². The van der Waals surface area contributed by atoms with Crippen molar-refractivity contribution < 1.29 is 22.8 Å². The second kappa shape index (κ2) is 5.73. The third kappa shape index (κ3) is 5.41. The zero-order chi connectivity index (χ0) is 12.9. The molecule has 0 atom stereocenters. The number of carboxylic acid groups (broad SMARTS) is 1. The Morgan fingerprint density at radius 1 is 1.53 bits per heavy atom. The summed E-state index contributed by atoms with van der Waals surface area (Å²) in [7, 11) is -3.56. The lowest BCUT2D eigenvalue weighted by Crippen LogP contribution is -2.29. The van der Waals surface area contributed by atoms with Crippen LogP contribution in [-0.2, 0) is 21.2 Å². The van der Waals surface area contributed by atoms with Crippen molar-refractivity contribution in [3.8, 4) is 0 Å². The smallest absolute Gasteiger partial charge is 0.304 e. The molecule has 1 rings (SSSR count). The Kier molecular flexibility index (Phi) is 4.58. The molecule has 0 fully saturated rings. The van der Waals surface area contributed by atoms with Gasteiger partial charge in [-0.2, -0.15) is 4.98 Å². The molecule has 0 saturated carbocycles. The molecule has 1 aromatic heterocycles. The Morgan fingerprint density at radius 3 is 2.76 bits per heavy atom. The molecule has 0 amide bonds. The van der Waals surface area contributed by atoms with Crippen LogP contribution >= 0.6 is 0 Å². The Hall–Kier alpha value is -1.48. The summed E-state index contributed by atoms with van der Waals surface area (Å²) in [6.07, 6.45) is -0.125. The maximum Gasteiger partial charge on any atom is 0.304 e. The molecule has 0 radical (unpaired) electrons. The van der Waals surface area contributed by atoms with Gasteiger partial charge in [0.2, 0.25) is 15.9 Å². The van der Waals surface area contributed by atoms with Crippen molar-refractivity contribution in [2.75, 3.05) is 12.3 Å². The second-order valence-corrected chi connectivity index (χ2v) is 5.26. The number of aromatic nitrogens is 2. The van der Waals surface area contributed by atoms with E-state index in [0.717, 1.165) is 0 Å². The maximum absolute atomic E-state index is 11.3. The fourth-order valence-electron chi connectivity index (χ4n) is 1.06. The summed E-state index contributed by atoms with van der Waals surface area (Å²) in [6.45, 7) is 1.74. The molecule has 0 aliphatic rings. The van der Waals surface area contributed by atoms with Gasteiger partial charge in [0.1, 0.15) is 0 Å². The van der Waals surface area contributed by atoms with Crippen LogP contribution in [0.3, 0.4) is 0 Å². The van der Waals surface area contributed by atoms with Crippen LogP contribution in [0.15, 0.2) is 4.52 Å². The van der Waals surface area contributed by atoms with E-state index in [0.29, 0.717) is 18.1 Å². The number of rotatable bonds is 7. The van der Waals surface area contributed by atoms with Gasteiger partial charge in [-0.3, -0.25) is 4.79 Å². The highest BCUT2D eigenvalue weighted by atomic mass is 32.2. The largest absolute Gasteiger partial charge is 0.481 e. The minimum Gasteiger partial charge on any atom is -0.481 e. The van der Waals surface area contributed by atoms with Crippen molar-refractivity contribution >= 4 is 16.0 Å². The van der Waals surface area contributed by atoms with Gasteiger partial charge in [0.05, 0.1) is 12.2 Å². The second-order valence-electron chi connectivity index (χ2n) is 3.34. The van der Waals surface area contributed by atoms with Crippen LogP contribution in [0.1, 0.15) is 18.1 Å². The normalized spacial score (nSPS) is 11.6. The predicted octanol–water partition coefficient (Wildman–Crippen LogP) is -0.685. The van der Waals surface area contributed by atoms with E-state index in [1.807, 2.05) is 0 Å². The maximum atomic E-state index is 11.3. The van der Waals surface area contributed by atoms with Gasteiger partial charge in [-0.1, -0.05) is 5.16 Å². The molecule has 2 N–H and O–H groups in total. The average molecular weight is 263 g/mol. The fraction of sp³-hybridized carbons (Fsp3) is 0.625. The summed E-state index contributed by atoms with van der Waals surface area (Å²) in [5.74, 6) is -0.769. The van der Waals surface area contributed by atoms with Gasteiger partial charge >= 0.3 is 5.97 Å². The number of nitrogens with one attached hydrogen (secondary N) is 1. The van der Waals surface area contributed by atoms with E-state index in [1.54, 1.807) is 6.92 Å². The van der Waals surface area contributed by atoms with Gasteiger partial charge in [0, 0.05) is 19.9 Å². The number of hydrogen-bond donors (Lipinski definition) is 2. The first-order chi connectivity index (χ1) is 7.89. The van der Waals surface area contributed by atoms with E-state index in [9.17, 15) is 13.2 Å². The third-order valence-electron chi connectivity index (χ3n) is 1.82. The average Bonchev–Trinajstić information content (AvgIpc) is 2.61. The zero-order valence-corrected chi connectivity index (χ0v) is 10.0. The molecule has 0 aliphatic carbocycles. The number of nitrogens with zero attached hydrogens (tertiary/aromatic N) is 2. The van der Waals surface area contributed by atoms with Crippen LogP contribution in [0.25, 0.3) is 0 Å². The third-order valence-corrected chi connectivity index (χ3v) is 3.21. The van der Waals surface area contributed by atoms with Crippen molar-refractivity contribution in [3.05, 3.63) is 11.7 Å². The van der Waals surface area contributed by atoms with Crippen LogP contribution in [0.2, 0.25) is 0 Å². The number of aliphatic carboxylic acids is 1. The van der Waals surface area contributed by atoms with Gasteiger partial charge in [-0.15, -0.1) is 0 Å². The summed E-state index contributed by atoms with van der Waals surface area (Å²) in [5.41, 5.74) is 0. The van der Waals surface area contributed by atoms with E-state index in [1.165, 1.54) is 0 Å². The fourth-order valence-corrected chi connectivity index (χ4v) is 2.06. The summed E-state index contributed by atoms with van der Waals surface area (Å²) in [5, 5.41) is 12.0. The lowest BCUT2D eigenvalue weighted by atomic mass is 10.4. The molecule has 1 heterocycles. The molecule has 17 heavy (non-hydrogen) atoms. The van der Waals surface area contributed by atoms with Gasteiger partial charge in [0.15, 0.2) is 5.82 Å². The molecule has 96 valence electrons. The first-order valence-electron chi connectivity index (χ1n) is 4.87. The monoisotopic (exact) mass is 263 g/mol. The summed E-state index contributed by atoms with van der Waals surface area (Å²) >= 11 is 0. The van der Waals surface area contributed by atoms with Crippen molar-refractivity contribution in [2.24, 2.45) is 0 Å². The molecule has 9 heteroatoms. The minimum absolute atomic E-state index is 0.112. The topological polar surface area (TPSA) is 122 Å². The quantitative estimate of drug-likeness (QED) is 0.667. The van der Waals surface area contributed by atoms with Gasteiger partial charge in [-0.25, -0.2) is 13.1 Å². The molecule has 0 aliphatic heterocycles. The molecular formula is C8H13N3O5S. The van der Waals surface area contributed by atoms with E-state index >= 15 is 0 Å². The molecule has 0 spiro atoms.